The molecule has 4 aromatic rings. The molecule has 0 unspecified atom stereocenters. The summed E-state index contributed by atoms with van der Waals surface area (Å²) >= 11 is 1.66. The highest BCUT2D eigenvalue weighted by atomic mass is 32.2. The van der Waals surface area contributed by atoms with E-state index < -0.39 is 0 Å². The number of hydrogen-bond acceptors (Lipinski definition) is 2. The van der Waals surface area contributed by atoms with Crippen LogP contribution < -0.4 is 10.6 Å². The summed E-state index contributed by atoms with van der Waals surface area (Å²) in [6, 6.07) is 26.1. The normalized spacial score (nSPS) is 14.6. The molecule has 0 fully saturated rings. The zero-order valence-corrected chi connectivity index (χ0v) is 17.2. The fraction of sp³-hybridized carbons (Fsp3) is 0.148. The molecular formula is C27H23NS. The third-order valence-corrected chi connectivity index (χ3v) is 6.41. The molecule has 0 atom stereocenters. The molecule has 0 aromatic heterocycles. The number of thioether (sulfide) groups is 1. The van der Waals surface area contributed by atoms with E-state index in [4.69, 9.17) is 0 Å². The largest absolute Gasteiger partial charge is 0.256 e. The summed E-state index contributed by atoms with van der Waals surface area (Å²) in [5, 5.41) is 12.0. The minimum Gasteiger partial charge on any atom is -0.256 e. The van der Waals surface area contributed by atoms with E-state index in [1.807, 2.05) is 29.8 Å². The maximum Gasteiger partial charge on any atom is 0.0707 e. The van der Waals surface area contributed by atoms with E-state index in [-0.39, 0.29) is 0 Å². The molecule has 4 aromatic carbocycles. The van der Waals surface area contributed by atoms with Gasteiger partial charge in [0.1, 0.15) is 0 Å². The second-order valence-electron chi connectivity index (χ2n) is 7.52. The maximum absolute atomic E-state index is 4.25. The summed E-state index contributed by atoms with van der Waals surface area (Å²) < 4.78 is 0. The average Bonchev–Trinajstić information content (AvgIpc) is 3.05. The van der Waals surface area contributed by atoms with Gasteiger partial charge in [-0.2, -0.15) is 0 Å². The number of aryl methyl sites for hydroxylation is 2. The minimum absolute atomic E-state index is 1.05. The van der Waals surface area contributed by atoms with E-state index in [0.29, 0.717) is 0 Å². The number of fused-ring (bicyclic) bond motifs is 6. The van der Waals surface area contributed by atoms with Gasteiger partial charge in [-0.05, 0) is 75.2 Å². The molecule has 0 N–H and O–H groups in total. The molecule has 0 amide bonds. The number of nitrogens with zero attached hydrogens (tertiary/aromatic N) is 1. The van der Waals surface area contributed by atoms with Crippen molar-refractivity contribution in [1.29, 1.82) is 0 Å². The van der Waals surface area contributed by atoms with Crippen molar-refractivity contribution >= 4 is 38.7 Å². The highest BCUT2D eigenvalue weighted by Gasteiger charge is 2.13. The van der Waals surface area contributed by atoms with Crippen LogP contribution in [0.5, 0.6) is 0 Å². The van der Waals surface area contributed by atoms with Gasteiger partial charge in [0, 0.05) is 11.4 Å². The molecule has 6 rings (SSSR count). The van der Waals surface area contributed by atoms with Crippen molar-refractivity contribution in [3.63, 3.8) is 0 Å². The van der Waals surface area contributed by atoms with Crippen LogP contribution >= 0.6 is 11.8 Å². The standard InChI is InChI=1S/C18H16.C9H7NS/c1-3-7-15-13(5-1)9-11-18-16-8-4-2-6-14(16)10-12-17(15)18;1-2-4-9-8(3-1)7-11-6-5-10-9/h1,3,5,7,9-12H,2,4,6,8H2;1-7H. The fourth-order valence-electron chi connectivity index (χ4n) is 4.31. The summed E-state index contributed by atoms with van der Waals surface area (Å²) in [6.07, 6.45) is 7.04. The Kier molecular flexibility index (Phi) is 5.19. The van der Waals surface area contributed by atoms with E-state index in [1.165, 1.54) is 52.4 Å². The monoisotopic (exact) mass is 393 g/mol. The van der Waals surface area contributed by atoms with E-state index in [2.05, 4.69) is 65.0 Å². The summed E-state index contributed by atoms with van der Waals surface area (Å²) in [7, 11) is 0. The van der Waals surface area contributed by atoms with Crippen molar-refractivity contribution in [1.82, 2.24) is 0 Å². The van der Waals surface area contributed by atoms with Gasteiger partial charge < -0.3 is 0 Å². The number of hydrogen-bond donors (Lipinski definition) is 0. The van der Waals surface area contributed by atoms with Gasteiger partial charge in [-0.25, -0.2) is 0 Å². The molecule has 2 aliphatic rings. The second kappa shape index (κ2) is 8.26. The van der Waals surface area contributed by atoms with Gasteiger partial charge in [0.2, 0.25) is 0 Å². The Balaban J connectivity index is 0.000000142. The first-order valence-corrected chi connectivity index (χ1v) is 11.2. The van der Waals surface area contributed by atoms with Gasteiger partial charge in [0.25, 0.3) is 0 Å². The van der Waals surface area contributed by atoms with Gasteiger partial charge in [0.15, 0.2) is 0 Å². The Morgan fingerprint density at radius 3 is 2.52 bits per heavy atom. The molecule has 0 radical (unpaired) electrons. The number of benzene rings is 4. The van der Waals surface area contributed by atoms with Crippen molar-refractivity contribution in [2.75, 3.05) is 0 Å². The lowest BCUT2D eigenvalue weighted by Gasteiger charge is -2.18. The highest BCUT2D eigenvalue weighted by Crippen LogP contribution is 2.33. The Hall–Kier alpha value is -2.84. The van der Waals surface area contributed by atoms with Crippen LogP contribution in [0.25, 0.3) is 27.0 Å². The molecule has 1 aliphatic carbocycles. The SMILES string of the molecule is C1=CSC=c2ccccc2=N1.c1ccc2c(c1)ccc1c3c(ccc12)CCCC3. The first-order valence-electron chi connectivity index (χ1n) is 10.3. The Morgan fingerprint density at radius 2 is 1.52 bits per heavy atom. The van der Waals surface area contributed by atoms with Gasteiger partial charge >= 0.3 is 0 Å². The van der Waals surface area contributed by atoms with E-state index in [1.54, 1.807) is 22.9 Å². The van der Waals surface area contributed by atoms with Crippen LogP contribution in [-0.2, 0) is 12.8 Å². The third kappa shape index (κ3) is 3.73. The lowest BCUT2D eigenvalue weighted by atomic mass is 9.86. The zero-order valence-electron chi connectivity index (χ0n) is 16.3. The lowest BCUT2D eigenvalue weighted by molar-refractivity contribution is 0.690. The van der Waals surface area contributed by atoms with Gasteiger partial charge in [-0.3, -0.25) is 4.99 Å². The van der Waals surface area contributed by atoms with Crippen LogP contribution in [-0.4, -0.2) is 0 Å². The van der Waals surface area contributed by atoms with Crippen LogP contribution in [0.3, 0.4) is 0 Å². The molecular weight excluding hydrogens is 370 g/mol. The average molecular weight is 394 g/mol. The van der Waals surface area contributed by atoms with Crippen LogP contribution in [0.4, 0.5) is 0 Å². The molecule has 0 saturated heterocycles. The molecule has 29 heavy (non-hydrogen) atoms. The lowest BCUT2D eigenvalue weighted by Crippen LogP contribution is -2.22. The van der Waals surface area contributed by atoms with Gasteiger partial charge in [0.05, 0.1) is 5.36 Å². The second-order valence-corrected chi connectivity index (χ2v) is 8.30. The van der Waals surface area contributed by atoms with E-state index in [0.717, 1.165) is 5.36 Å². The first-order chi connectivity index (χ1) is 14.4. The Morgan fingerprint density at radius 1 is 0.690 bits per heavy atom. The molecule has 0 bridgehead atoms. The van der Waals surface area contributed by atoms with Crippen molar-refractivity contribution < 1.29 is 0 Å². The van der Waals surface area contributed by atoms with E-state index >= 15 is 0 Å². The Labute approximate surface area is 175 Å². The minimum atomic E-state index is 1.05. The molecule has 142 valence electrons. The summed E-state index contributed by atoms with van der Waals surface area (Å²) in [5.41, 5.74) is 3.17. The van der Waals surface area contributed by atoms with Crippen molar-refractivity contribution in [3.05, 3.63) is 106 Å². The zero-order chi connectivity index (χ0) is 19.5. The molecule has 2 heteroatoms. The predicted octanol–water partition coefficient (Wildman–Crippen LogP) is 6.13. The topological polar surface area (TPSA) is 12.4 Å². The number of para-hydroxylation sites is 1. The summed E-state index contributed by atoms with van der Waals surface area (Å²) in [6.45, 7) is 0. The molecule has 1 aliphatic heterocycles. The Bertz CT molecular complexity index is 1330. The highest BCUT2D eigenvalue weighted by molar-refractivity contribution is 8.09. The first kappa shape index (κ1) is 18.2. The van der Waals surface area contributed by atoms with Crippen molar-refractivity contribution in [2.24, 2.45) is 4.99 Å². The van der Waals surface area contributed by atoms with Gasteiger partial charge in [-0.15, -0.1) is 11.8 Å². The smallest absolute Gasteiger partial charge is 0.0707 e. The van der Waals surface area contributed by atoms with Crippen molar-refractivity contribution in [2.45, 2.75) is 25.7 Å². The van der Waals surface area contributed by atoms with Crippen LogP contribution in [0.15, 0.2) is 89.4 Å². The molecule has 0 saturated carbocycles. The third-order valence-electron chi connectivity index (χ3n) is 5.74. The van der Waals surface area contributed by atoms with Crippen LogP contribution in [0, 0.1) is 0 Å². The van der Waals surface area contributed by atoms with Crippen LogP contribution in [0.1, 0.15) is 24.0 Å². The predicted molar refractivity (Wildman–Crippen MR) is 127 cm³/mol. The summed E-state index contributed by atoms with van der Waals surface area (Å²) in [4.78, 5) is 4.25. The fourth-order valence-corrected chi connectivity index (χ4v) is 4.86. The molecule has 0 spiro atoms. The molecule has 1 heterocycles. The number of rotatable bonds is 0. The molecule has 1 nitrogen and oxygen atoms in total. The maximum atomic E-state index is 4.25. The van der Waals surface area contributed by atoms with Crippen LogP contribution in [0.2, 0.25) is 0 Å². The van der Waals surface area contributed by atoms with E-state index in [9.17, 15) is 0 Å². The quantitative estimate of drug-likeness (QED) is 0.327. The van der Waals surface area contributed by atoms with Crippen molar-refractivity contribution in [3.8, 4) is 0 Å². The summed E-state index contributed by atoms with van der Waals surface area (Å²) in [5.74, 6) is 0. The van der Waals surface area contributed by atoms with Gasteiger partial charge in [-0.1, -0.05) is 66.7 Å².